The van der Waals surface area contributed by atoms with E-state index in [2.05, 4.69) is 24.3 Å². The van der Waals surface area contributed by atoms with Crippen LogP contribution >= 0.6 is 0 Å². The summed E-state index contributed by atoms with van der Waals surface area (Å²) in [7, 11) is 0. The molecule has 0 radical (unpaired) electrons. The molecule has 2 aromatic carbocycles. The smallest absolute Gasteiger partial charge is 0.115 e. The molecule has 2 aliphatic rings. The Morgan fingerprint density at radius 3 is 1.93 bits per heavy atom. The van der Waals surface area contributed by atoms with E-state index in [0.717, 1.165) is 31.2 Å². The van der Waals surface area contributed by atoms with Crippen molar-refractivity contribution in [3.8, 4) is 0 Å². The molecule has 0 saturated heterocycles. The minimum Gasteiger partial charge on any atom is -0.392 e. The van der Waals surface area contributed by atoms with E-state index in [1.165, 1.54) is 18.4 Å². The van der Waals surface area contributed by atoms with Gasteiger partial charge < -0.3 is 15.3 Å². The highest BCUT2D eigenvalue weighted by Crippen LogP contribution is 2.37. The Hall–Kier alpha value is -1.68. The second kappa shape index (κ2) is 9.50. The summed E-state index contributed by atoms with van der Waals surface area (Å²) in [5, 5.41) is 30.0. The molecule has 146 valence electrons. The Balaban J connectivity index is 0.000000156. The third-order valence-electron chi connectivity index (χ3n) is 6.07. The van der Waals surface area contributed by atoms with Gasteiger partial charge in [0.2, 0.25) is 0 Å². The summed E-state index contributed by atoms with van der Waals surface area (Å²) in [6.45, 7) is 0. The lowest BCUT2D eigenvalue weighted by Gasteiger charge is -2.37. The van der Waals surface area contributed by atoms with Crippen molar-refractivity contribution in [2.24, 2.45) is 0 Å². The van der Waals surface area contributed by atoms with Gasteiger partial charge in [-0.05, 0) is 36.8 Å². The van der Waals surface area contributed by atoms with Crippen LogP contribution in [0.25, 0.3) is 0 Å². The first-order valence-corrected chi connectivity index (χ1v) is 10.3. The predicted molar refractivity (Wildman–Crippen MR) is 108 cm³/mol. The molecule has 2 saturated carbocycles. The fourth-order valence-corrected chi connectivity index (χ4v) is 4.40. The average Bonchev–Trinajstić information content (AvgIpc) is 2.72. The van der Waals surface area contributed by atoms with Crippen LogP contribution in [0.3, 0.4) is 0 Å². The molecular weight excluding hydrogens is 336 g/mol. The number of hydrogen-bond donors (Lipinski definition) is 3. The van der Waals surface area contributed by atoms with Crippen LogP contribution in [0.15, 0.2) is 60.7 Å². The predicted octanol–water partition coefficient (Wildman–Crippen LogP) is 4.51. The normalized spacial score (nSPS) is 30.9. The second-order valence-corrected chi connectivity index (χ2v) is 7.92. The number of aliphatic hydroxyl groups excluding tert-OH is 2. The molecule has 4 atom stereocenters. The molecule has 2 aromatic rings. The third-order valence-corrected chi connectivity index (χ3v) is 6.07. The lowest BCUT2D eigenvalue weighted by molar-refractivity contribution is -0.106. The highest BCUT2D eigenvalue weighted by molar-refractivity contribution is 5.24. The van der Waals surface area contributed by atoms with Gasteiger partial charge in [-0.3, -0.25) is 0 Å². The van der Waals surface area contributed by atoms with Gasteiger partial charge in [0.1, 0.15) is 5.60 Å². The van der Waals surface area contributed by atoms with Crippen molar-refractivity contribution in [2.75, 3.05) is 0 Å². The van der Waals surface area contributed by atoms with Gasteiger partial charge in [-0.15, -0.1) is 0 Å². The van der Waals surface area contributed by atoms with Crippen molar-refractivity contribution < 1.29 is 15.3 Å². The molecule has 2 fully saturated rings. The summed E-state index contributed by atoms with van der Waals surface area (Å²) >= 11 is 0. The van der Waals surface area contributed by atoms with Crippen LogP contribution in [0, 0.1) is 0 Å². The number of hydrogen-bond acceptors (Lipinski definition) is 3. The number of rotatable bonds is 2. The largest absolute Gasteiger partial charge is 0.392 e. The van der Waals surface area contributed by atoms with E-state index >= 15 is 0 Å². The van der Waals surface area contributed by atoms with Crippen LogP contribution in [0.2, 0.25) is 0 Å². The van der Waals surface area contributed by atoms with E-state index in [0.29, 0.717) is 18.8 Å². The van der Waals surface area contributed by atoms with Crippen molar-refractivity contribution in [2.45, 2.75) is 75.1 Å². The number of benzene rings is 2. The van der Waals surface area contributed by atoms with Crippen molar-refractivity contribution in [3.63, 3.8) is 0 Å². The zero-order valence-corrected chi connectivity index (χ0v) is 16.0. The van der Waals surface area contributed by atoms with Crippen LogP contribution < -0.4 is 0 Å². The Morgan fingerprint density at radius 1 is 0.704 bits per heavy atom. The molecule has 0 heterocycles. The summed E-state index contributed by atoms with van der Waals surface area (Å²) in [4.78, 5) is 0. The van der Waals surface area contributed by atoms with Crippen LogP contribution in [-0.4, -0.2) is 27.5 Å². The number of aliphatic hydroxyl groups is 3. The lowest BCUT2D eigenvalue weighted by Crippen LogP contribution is -2.41. The highest BCUT2D eigenvalue weighted by atomic mass is 16.3. The quantitative estimate of drug-likeness (QED) is 0.731. The molecule has 0 spiro atoms. The maximum absolute atomic E-state index is 10.4. The monoisotopic (exact) mass is 368 g/mol. The molecule has 0 aliphatic heterocycles. The molecule has 0 amide bonds. The van der Waals surface area contributed by atoms with Gasteiger partial charge in [0, 0.05) is 5.92 Å². The summed E-state index contributed by atoms with van der Waals surface area (Å²) in [6, 6.07) is 19.9. The Labute approximate surface area is 162 Å². The zero-order chi connectivity index (χ0) is 19.1. The van der Waals surface area contributed by atoms with E-state index < -0.39 is 11.7 Å². The second-order valence-electron chi connectivity index (χ2n) is 7.92. The zero-order valence-electron chi connectivity index (χ0n) is 16.0. The SMILES string of the molecule is O[C@H]1CCCC[C@@H]1c1ccccc1.O[C@H]1CCCC[C@]1(O)c1ccccc1. The molecular formula is C24H32O3. The Morgan fingerprint density at radius 2 is 1.30 bits per heavy atom. The van der Waals surface area contributed by atoms with Crippen LogP contribution in [0.4, 0.5) is 0 Å². The molecule has 0 unspecified atom stereocenters. The summed E-state index contributed by atoms with van der Waals surface area (Å²) in [5.41, 5.74) is 1.13. The van der Waals surface area contributed by atoms with Crippen LogP contribution in [0.1, 0.15) is 68.4 Å². The fourth-order valence-electron chi connectivity index (χ4n) is 4.40. The molecule has 2 aliphatic carbocycles. The van der Waals surface area contributed by atoms with E-state index in [1.54, 1.807) is 0 Å². The van der Waals surface area contributed by atoms with Gasteiger partial charge >= 0.3 is 0 Å². The summed E-state index contributed by atoms with van der Waals surface area (Å²) in [5.74, 6) is 0.384. The van der Waals surface area contributed by atoms with E-state index in [1.807, 2.05) is 36.4 Å². The van der Waals surface area contributed by atoms with Crippen molar-refractivity contribution >= 4 is 0 Å². The highest BCUT2D eigenvalue weighted by Gasteiger charge is 2.39. The van der Waals surface area contributed by atoms with E-state index in [4.69, 9.17) is 0 Å². The Bertz CT molecular complexity index is 673. The molecule has 27 heavy (non-hydrogen) atoms. The van der Waals surface area contributed by atoms with E-state index in [9.17, 15) is 15.3 Å². The first-order chi connectivity index (χ1) is 13.1. The standard InChI is InChI=1S/C12H16O2.C12H16O/c13-11-8-4-5-9-12(11,14)10-6-2-1-3-7-10;13-12-9-5-4-8-11(12)10-6-2-1-3-7-10/h1-3,6-7,11,13-14H,4-5,8-9H2;1-3,6-7,11-13H,4-5,8-9H2/t11-,12-;11-,12+/m01/s1. The van der Waals surface area contributed by atoms with Gasteiger partial charge in [0.25, 0.3) is 0 Å². The maximum atomic E-state index is 10.4. The minimum atomic E-state index is -1.01. The van der Waals surface area contributed by atoms with Gasteiger partial charge in [-0.1, -0.05) is 86.3 Å². The third kappa shape index (κ3) is 4.98. The van der Waals surface area contributed by atoms with Crippen molar-refractivity contribution in [3.05, 3.63) is 71.8 Å². The lowest BCUT2D eigenvalue weighted by atomic mass is 9.77. The first-order valence-electron chi connectivity index (χ1n) is 10.3. The van der Waals surface area contributed by atoms with Gasteiger partial charge in [-0.2, -0.15) is 0 Å². The van der Waals surface area contributed by atoms with Crippen LogP contribution in [-0.2, 0) is 5.60 Å². The fraction of sp³-hybridized carbons (Fsp3) is 0.500. The van der Waals surface area contributed by atoms with Gasteiger partial charge in [0.15, 0.2) is 0 Å². The first kappa shape index (κ1) is 20.1. The molecule has 3 N–H and O–H groups in total. The van der Waals surface area contributed by atoms with E-state index in [-0.39, 0.29) is 6.10 Å². The molecule has 0 bridgehead atoms. The molecule has 4 rings (SSSR count). The van der Waals surface area contributed by atoms with Crippen LogP contribution in [0.5, 0.6) is 0 Å². The van der Waals surface area contributed by atoms with Crippen molar-refractivity contribution in [1.82, 2.24) is 0 Å². The van der Waals surface area contributed by atoms with Gasteiger partial charge in [-0.25, -0.2) is 0 Å². The minimum absolute atomic E-state index is 0.115. The topological polar surface area (TPSA) is 60.7 Å². The summed E-state index contributed by atoms with van der Waals surface area (Å²) in [6.07, 6.45) is 7.20. The molecule has 3 heteroatoms. The Kier molecular flexibility index (Phi) is 7.06. The molecule has 3 nitrogen and oxygen atoms in total. The molecule has 0 aromatic heterocycles. The van der Waals surface area contributed by atoms with Crippen molar-refractivity contribution in [1.29, 1.82) is 0 Å². The summed E-state index contributed by atoms with van der Waals surface area (Å²) < 4.78 is 0. The van der Waals surface area contributed by atoms with Gasteiger partial charge in [0.05, 0.1) is 12.2 Å². The maximum Gasteiger partial charge on any atom is 0.115 e. The average molecular weight is 369 g/mol.